The highest BCUT2D eigenvalue weighted by molar-refractivity contribution is 5.43. The summed E-state index contributed by atoms with van der Waals surface area (Å²) in [4.78, 5) is 6.61. The molecule has 8 heteroatoms. The molecule has 0 bridgehead atoms. The molecule has 0 saturated heterocycles. The van der Waals surface area contributed by atoms with Gasteiger partial charge in [-0.15, -0.1) is 0 Å². The van der Waals surface area contributed by atoms with Gasteiger partial charge in [-0.3, -0.25) is 9.58 Å². The predicted molar refractivity (Wildman–Crippen MR) is 101 cm³/mol. The summed E-state index contributed by atoms with van der Waals surface area (Å²) in [6.07, 6.45) is 2.69. The van der Waals surface area contributed by atoms with E-state index in [0.717, 1.165) is 43.4 Å². The van der Waals surface area contributed by atoms with Gasteiger partial charge in [0.2, 0.25) is 0 Å². The van der Waals surface area contributed by atoms with Gasteiger partial charge in [0.25, 0.3) is 0 Å². The number of hydrogen-bond acceptors (Lipinski definition) is 6. The van der Waals surface area contributed by atoms with Crippen molar-refractivity contribution in [2.45, 2.75) is 25.7 Å². The highest BCUT2D eigenvalue weighted by Gasteiger charge is 2.24. The lowest BCUT2D eigenvalue weighted by atomic mass is 10.1. The second kappa shape index (κ2) is 6.96. The van der Waals surface area contributed by atoms with Crippen molar-refractivity contribution in [1.29, 1.82) is 0 Å². The van der Waals surface area contributed by atoms with Gasteiger partial charge in [-0.05, 0) is 23.8 Å². The monoisotopic (exact) mass is 381 g/mol. The third-order valence-corrected chi connectivity index (χ3v) is 5.29. The summed E-state index contributed by atoms with van der Waals surface area (Å²) in [5, 5.41) is 15.2. The van der Waals surface area contributed by atoms with E-state index in [1.165, 1.54) is 5.56 Å². The van der Waals surface area contributed by atoms with E-state index < -0.39 is 6.10 Å². The van der Waals surface area contributed by atoms with Gasteiger partial charge in [-0.25, -0.2) is 4.98 Å². The third-order valence-electron chi connectivity index (χ3n) is 5.29. The molecule has 146 valence electrons. The summed E-state index contributed by atoms with van der Waals surface area (Å²) < 4.78 is 15.1. The van der Waals surface area contributed by atoms with Crippen LogP contribution in [0.5, 0.6) is 11.5 Å². The number of aliphatic hydroxyl groups excluding tert-OH is 1. The Balaban J connectivity index is 1.30. The molecule has 0 spiro atoms. The Bertz CT molecular complexity index is 996. The van der Waals surface area contributed by atoms with E-state index in [0.29, 0.717) is 24.7 Å². The first kappa shape index (κ1) is 17.3. The predicted octanol–water partition coefficient (Wildman–Crippen LogP) is 1.49. The van der Waals surface area contributed by atoms with Gasteiger partial charge in [-0.2, -0.15) is 5.10 Å². The number of aromatic nitrogens is 4. The Labute approximate surface area is 162 Å². The molecule has 8 nitrogen and oxygen atoms in total. The number of imidazole rings is 1. The minimum Gasteiger partial charge on any atom is -0.486 e. The molecule has 0 unspecified atom stereocenters. The lowest BCUT2D eigenvalue weighted by Gasteiger charge is -2.28. The van der Waals surface area contributed by atoms with Crippen molar-refractivity contribution in [1.82, 2.24) is 24.2 Å². The van der Waals surface area contributed by atoms with Crippen molar-refractivity contribution in [2.75, 3.05) is 19.8 Å². The molecule has 1 aromatic carbocycles. The largest absolute Gasteiger partial charge is 0.486 e. The van der Waals surface area contributed by atoms with Crippen LogP contribution in [-0.2, 0) is 26.7 Å². The third kappa shape index (κ3) is 3.14. The van der Waals surface area contributed by atoms with Crippen molar-refractivity contribution in [3.8, 4) is 11.5 Å². The summed E-state index contributed by atoms with van der Waals surface area (Å²) in [6, 6.07) is 8.13. The average Bonchev–Trinajstić information content (AvgIpc) is 3.33. The van der Waals surface area contributed by atoms with Crippen LogP contribution in [0, 0.1) is 0 Å². The Morgan fingerprint density at radius 2 is 2.00 bits per heavy atom. The van der Waals surface area contributed by atoms with Crippen LogP contribution in [0.4, 0.5) is 0 Å². The molecule has 0 amide bonds. The van der Waals surface area contributed by atoms with Crippen LogP contribution in [-0.4, -0.2) is 49.1 Å². The zero-order valence-electron chi connectivity index (χ0n) is 15.8. The summed E-state index contributed by atoms with van der Waals surface area (Å²) in [6.45, 7) is 4.53. The maximum atomic E-state index is 10.6. The molecule has 0 aliphatic carbocycles. The van der Waals surface area contributed by atoms with Crippen molar-refractivity contribution in [3.63, 3.8) is 0 Å². The van der Waals surface area contributed by atoms with Crippen molar-refractivity contribution in [3.05, 3.63) is 59.4 Å². The fourth-order valence-electron chi connectivity index (χ4n) is 3.83. The Morgan fingerprint density at radius 1 is 1.14 bits per heavy atom. The van der Waals surface area contributed by atoms with Gasteiger partial charge < -0.3 is 19.1 Å². The maximum absolute atomic E-state index is 10.6. The van der Waals surface area contributed by atoms with Crippen molar-refractivity contribution < 1.29 is 14.6 Å². The van der Waals surface area contributed by atoms with E-state index in [2.05, 4.69) is 27.1 Å². The molecule has 1 atom stereocenters. The van der Waals surface area contributed by atoms with E-state index in [1.807, 2.05) is 34.6 Å². The molecule has 1 N–H and O–H groups in total. The van der Waals surface area contributed by atoms with Crippen LogP contribution >= 0.6 is 0 Å². The van der Waals surface area contributed by atoms with Gasteiger partial charge in [0.05, 0.1) is 17.9 Å². The quantitative estimate of drug-likeness (QED) is 0.738. The first-order chi connectivity index (χ1) is 13.7. The molecule has 0 radical (unpaired) electrons. The smallest absolute Gasteiger partial charge is 0.161 e. The fraction of sp³-hybridized carbons (Fsp3) is 0.400. The molecule has 0 fully saturated rings. The second-order valence-electron chi connectivity index (χ2n) is 7.27. The van der Waals surface area contributed by atoms with E-state index in [-0.39, 0.29) is 0 Å². The number of nitrogens with zero attached hydrogens (tertiary/aromatic N) is 5. The minimum absolute atomic E-state index is 0.598. The van der Waals surface area contributed by atoms with Gasteiger partial charge in [0.1, 0.15) is 19.0 Å². The molecule has 0 saturated carbocycles. The highest BCUT2D eigenvalue weighted by Crippen LogP contribution is 2.31. The Morgan fingerprint density at radius 3 is 2.82 bits per heavy atom. The maximum Gasteiger partial charge on any atom is 0.161 e. The van der Waals surface area contributed by atoms with Crippen LogP contribution < -0.4 is 9.47 Å². The van der Waals surface area contributed by atoms with Crippen LogP contribution in [0.3, 0.4) is 0 Å². The number of aliphatic hydroxyl groups is 1. The van der Waals surface area contributed by atoms with E-state index in [1.54, 1.807) is 6.20 Å². The van der Waals surface area contributed by atoms with Gasteiger partial charge >= 0.3 is 0 Å². The van der Waals surface area contributed by atoms with Gasteiger partial charge in [0.15, 0.2) is 17.6 Å². The number of fused-ring (bicyclic) bond motifs is 2. The number of benzene rings is 1. The molecule has 3 aromatic rings. The molecular formula is C20H23N5O3. The molecule has 4 heterocycles. The Hall–Kier alpha value is -2.84. The molecule has 2 aliphatic heterocycles. The standard InChI is InChI=1S/C20H23N5O3/c1-23-5-4-21-20(23)19(26)16-11-15-13-24(6-7-25(15)22-16)12-14-2-3-17-18(10-14)28-9-8-27-17/h2-5,10-11,19,26H,6-9,12-13H2,1H3/t19-/m0/s1. The van der Waals surface area contributed by atoms with E-state index in [4.69, 9.17) is 9.47 Å². The van der Waals surface area contributed by atoms with Crippen LogP contribution in [0.2, 0.25) is 0 Å². The van der Waals surface area contributed by atoms with Crippen molar-refractivity contribution >= 4 is 0 Å². The Kier molecular flexibility index (Phi) is 4.29. The van der Waals surface area contributed by atoms with Gasteiger partial charge in [0, 0.05) is 39.1 Å². The van der Waals surface area contributed by atoms with Crippen molar-refractivity contribution in [2.24, 2.45) is 7.05 Å². The molecule has 28 heavy (non-hydrogen) atoms. The van der Waals surface area contributed by atoms with E-state index >= 15 is 0 Å². The fourth-order valence-corrected chi connectivity index (χ4v) is 3.83. The molecular weight excluding hydrogens is 358 g/mol. The summed E-state index contributed by atoms with van der Waals surface area (Å²) in [5.41, 5.74) is 2.95. The summed E-state index contributed by atoms with van der Waals surface area (Å²) in [5.74, 6) is 2.24. The molecule has 5 rings (SSSR count). The number of hydrogen-bond donors (Lipinski definition) is 1. The zero-order valence-corrected chi connectivity index (χ0v) is 15.8. The second-order valence-corrected chi connectivity index (χ2v) is 7.27. The number of ether oxygens (including phenoxy) is 2. The number of aryl methyl sites for hydroxylation is 1. The van der Waals surface area contributed by atoms with Crippen LogP contribution in [0.15, 0.2) is 36.7 Å². The number of rotatable bonds is 4. The topological polar surface area (TPSA) is 77.6 Å². The minimum atomic E-state index is -0.815. The first-order valence-corrected chi connectivity index (χ1v) is 9.50. The summed E-state index contributed by atoms with van der Waals surface area (Å²) >= 11 is 0. The first-order valence-electron chi connectivity index (χ1n) is 9.50. The van der Waals surface area contributed by atoms with E-state index in [9.17, 15) is 5.11 Å². The van der Waals surface area contributed by atoms with Crippen LogP contribution in [0.1, 0.15) is 28.9 Å². The van der Waals surface area contributed by atoms with Gasteiger partial charge in [-0.1, -0.05) is 6.07 Å². The SMILES string of the molecule is Cn1ccnc1[C@@H](O)c1cc2n(n1)CCN(Cc1ccc3c(c1)OCCO3)C2. The highest BCUT2D eigenvalue weighted by atomic mass is 16.6. The zero-order chi connectivity index (χ0) is 19.1. The average molecular weight is 381 g/mol. The lowest BCUT2D eigenvalue weighted by molar-refractivity contribution is 0.170. The summed E-state index contributed by atoms with van der Waals surface area (Å²) in [7, 11) is 1.87. The normalized spacial score (nSPS) is 17.4. The molecule has 2 aliphatic rings. The molecule has 2 aromatic heterocycles. The lowest BCUT2D eigenvalue weighted by Crippen LogP contribution is -2.33. The van der Waals surface area contributed by atoms with Crippen LogP contribution in [0.25, 0.3) is 0 Å².